The van der Waals surface area contributed by atoms with Crippen molar-refractivity contribution in [2.45, 2.75) is 40.2 Å². The number of anilines is 1. The van der Waals surface area contributed by atoms with Crippen LogP contribution in [0.3, 0.4) is 0 Å². The van der Waals surface area contributed by atoms with Gasteiger partial charge in [-0.15, -0.1) is 0 Å². The predicted molar refractivity (Wildman–Crippen MR) is 86.4 cm³/mol. The maximum absolute atomic E-state index is 11.3. The number of aldehydes is 1. The molecule has 4 nitrogen and oxygen atoms in total. The van der Waals surface area contributed by atoms with E-state index in [1.807, 2.05) is 26.0 Å². The van der Waals surface area contributed by atoms with E-state index in [0.717, 1.165) is 18.3 Å². The summed E-state index contributed by atoms with van der Waals surface area (Å²) in [6.45, 7) is 8.38. The first kappa shape index (κ1) is 15.3. The number of carbonyl (C=O) groups excluding carboxylic acids is 1. The summed E-state index contributed by atoms with van der Waals surface area (Å²) in [5, 5.41) is 4.50. The van der Waals surface area contributed by atoms with Crippen LogP contribution in [0, 0.1) is 5.92 Å². The average molecular weight is 285 g/mol. The zero-order chi connectivity index (χ0) is 15.6. The number of benzene rings is 1. The minimum atomic E-state index is 0.123. The van der Waals surface area contributed by atoms with Gasteiger partial charge in [0.2, 0.25) is 0 Å². The second-order valence-electron chi connectivity index (χ2n) is 6.10. The van der Waals surface area contributed by atoms with Crippen LogP contribution in [-0.2, 0) is 6.42 Å². The Balaban J connectivity index is 2.42. The smallest absolute Gasteiger partial charge is 0.156 e. The Morgan fingerprint density at radius 1 is 1.19 bits per heavy atom. The van der Waals surface area contributed by atoms with Crippen molar-refractivity contribution >= 4 is 12.1 Å². The molecule has 0 aliphatic carbocycles. The molecule has 4 heteroatoms. The van der Waals surface area contributed by atoms with E-state index in [9.17, 15) is 4.79 Å². The van der Waals surface area contributed by atoms with E-state index in [1.54, 1.807) is 4.68 Å². The van der Waals surface area contributed by atoms with E-state index in [1.165, 1.54) is 5.56 Å². The molecule has 0 spiro atoms. The van der Waals surface area contributed by atoms with Crippen LogP contribution in [0.2, 0.25) is 0 Å². The summed E-state index contributed by atoms with van der Waals surface area (Å²) >= 11 is 0. The number of rotatable bonds is 5. The third-order valence-electron chi connectivity index (χ3n) is 3.46. The zero-order valence-corrected chi connectivity index (χ0v) is 13.1. The first-order chi connectivity index (χ1) is 9.93. The zero-order valence-electron chi connectivity index (χ0n) is 13.1. The summed E-state index contributed by atoms with van der Waals surface area (Å²) < 4.78 is 1.70. The first-order valence-corrected chi connectivity index (χ1v) is 7.36. The SMILES string of the molecule is CC(C)Cc1ccc(-c2nn(C(C)C)c(N)c2C=O)cc1. The van der Waals surface area contributed by atoms with Crippen molar-refractivity contribution in [1.82, 2.24) is 9.78 Å². The first-order valence-electron chi connectivity index (χ1n) is 7.36. The fourth-order valence-electron chi connectivity index (χ4n) is 2.45. The molecular weight excluding hydrogens is 262 g/mol. The highest BCUT2D eigenvalue weighted by atomic mass is 16.1. The molecule has 1 heterocycles. The molecule has 0 fully saturated rings. The summed E-state index contributed by atoms with van der Waals surface area (Å²) in [7, 11) is 0. The number of carbonyl (C=O) groups is 1. The van der Waals surface area contributed by atoms with E-state index >= 15 is 0 Å². The Hall–Kier alpha value is -2.10. The third kappa shape index (κ3) is 3.15. The molecule has 0 aliphatic heterocycles. The van der Waals surface area contributed by atoms with Crippen molar-refractivity contribution in [2.24, 2.45) is 5.92 Å². The van der Waals surface area contributed by atoms with E-state index in [2.05, 4.69) is 31.1 Å². The standard InChI is InChI=1S/C17H23N3O/c1-11(2)9-13-5-7-14(8-6-13)16-15(10-21)17(18)20(19-16)12(3)4/h5-8,10-12H,9,18H2,1-4H3. The van der Waals surface area contributed by atoms with Crippen molar-refractivity contribution in [3.05, 3.63) is 35.4 Å². The van der Waals surface area contributed by atoms with E-state index in [0.29, 0.717) is 23.0 Å². The number of nitrogens with two attached hydrogens (primary N) is 1. The lowest BCUT2D eigenvalue weighted by molar-refractivity contribution is 0.112. The largest absolute Gasteiger partial charge is 0.383 e. The van der Waals surface area contributed by atoms with Crippen molar-refractivity contribution in [2.75, 3.05) is 5.73 Å². The lowest BCUT2D eigenvalue weighted by Crippen LogP contribution is -2.07. The van der Waals surface area contributed by atoms with Crippen molar-refractivity contribution in [3.8, 4) is 11.3 Å². The summed E-state index contributed by atoms with van der Waals surface area (Å²) in [6.07, 6.45) is 1.84. The second-order valence-corrected chi connectivity index (χ2v) is 6.10. The predicted octanol–water partition coefficient (Wildman–Crippen LogP) is 3.72. The monoisotopic (exact) mass is 285 g/mol. The molecule has 21 heavy (non-hydrogen) atoms. The minimum Gasteiger partial charge on any atom is -0.383 e. The minimum absolute atomic E-state index is 0.123. The van der Waals surface area contributed by atoms with Crippen LogP contribution < -0.4 is 5.73 Å². The van der Waals surface area contributed by atoms with E-state index in [-0.39, 0.29) is 6.04 Å². The fraction of sp³-hybridized carbons (Fsp3) is 0.412. The van der Waals surface area contributed by atoms with Gasteiger partial charge in [-0.2, -0.15) is 5.10 Å². The number of nitrogen functional groups attached to an aromatic ring is 1. The highest BCUT2D eigenvalue weighted by Crippen LogP contribution is 2.28. The molecule has 0 atom stereocenters. The van der Waals surface area contributed by atoms with Gasteiger partial charge in [-0.3, -0.25) is 4.79 Å². The van der Waals surface area contributed by atoms with Gasteiger partial charge in [0.1, 0.15) is 11.5 Å². The molecule has 0 aliphatic rings. The molecular formula is C17H23N3O. The average Bonchev–Trinajstić information content (AvgIpc) is 2.76. The molecule has 0 radical (unpaired) electrons. The van der Waals surface area contributed by atoms with Crippen LogP contribution in [0.5, 0.6) is 0 Å². The summed E-state index contributed by atoms with van der Waals surface area (Å²) in [5.74, 6) is 1.05. The lowest BCUT2D eigenvalue weighted by atomic mass is 10.00. The molecule has 0 amide bonds. The molecule has 2 N–H and O–H groups in total. The van der Waals surface area contributed by atoms with Gasteiger partial charge in [-0.1, -0.05) is 38.1 Å². The molecule has 2 aromatic rings. The Kier molecular flexibility index (Phi) is 4.46. The van der Waals surface area contributed by atoms with Crippen LogP contribution in [0.25, 0.3) is 11.3 Å². The van der Waals surface area contributed by atoms with Gasteiger partial charge in [0.15, 0.2) is 6.29 Å². The van der Waals surface area contributed by atoms with Crippen molar-refractivity contribution in [3.63, 3.8) is 0 Å². The van der Waals surface area contributed by atoms with Gasteiger partial charge in [-0.25, -0.2) is 4.68 Å². The highest BCUT2D eigenvalue weighted by Gasteiger charge is 2.18. The van der Waals surface area contributed by atoms with Gasteiger partial charge in [0.05, 0.1) is 5.56 Å². The number of nitrogens with zero attached hydrogens (tertiary/aromatic N) is 2. The molecule has 0 saturated carbocycles. The third-order valence-corrected chi connectivity index (χ3v) is 3.46. The van der Waals surface area contributed by atoms with Crippen LogP contribution in [0.4, 0.5) is 5.82 Å². The Labute approximate surface area is 126 Å². The molecule has 0 unspecified atom stereocenters. The van der Waals surface area contributed by atoms with Gasteiger partial charge in [0, 0.05) is 11.6 Å². The number of aromatic nitrogens is 2. The highest BCUT2D eigenvalue weighted by molar-refractivity contribution is 5.91. The molecule has 0 saturated heterocycles. The Bertz CT molecular complexity index is 624. The molecule has 1 aromatic heterocycles. The van der Waals surface area contributed by atoms with E-state index in [4.69, 9.17) is 5.73 Å². The second kappa shape index (κ2) is 6.12. The summed E-state index contributed by atoms with van der Waals surface area (Å²) in [4.78, 5) is 11.3. The van der Waals surface area contributed by atoms with Crippen molar-refractivity contribution in [1.29, 1.82) is 0 Å². The number of hydrogen-bond acceptors (Lipinski definition) is 3. The van der Waals surface area contributed by atoms with Crippen LogP contribution in [0.1, 0.15) is 49.7 Å². The lowest BCUT2D eigenvalue weighted by Gasteiger charge is -2.07. The Morgan fingerprint density at radius 3 is 2.29 bits per heavy atom. The van der Waals surface area contributed by atoms with Crippen LogP contribution in [-0.4, -0.2) is 16.1 Å². The van der Waals surface area contributed by atoms with Gasteiger partial charge < -0.3 is 5.73 Å². The molecule has 0 bridgehead atoms. The van der Waals surface area contributed by atoms with Crippen LogP contribution in [0.15, 0.2) is 24.3 Å². The Morgan fingerprint density at radius 2 is 1.81 bits per heavy atom. The normalized spacial score (nSPS) is 11.3. The molecule has 1 aromatic carbocycles. The van der Waals surface area contributed by atoms with Gasteiger partial charge >= 0.3 is 0 Å². The summed E-state index contributed by atoms with van der Waals surface area (Å²) in [5.41, 5.74) is 9.37. The van der Waals surface area contributed by atoms with Crippen LogP contribution >= 0.6 is 0 Å². The quantitative estimate of drug-likeness (QED) is 0.852. The maximum atomic E-state index is 11.3. The maximum Gasteiger partial charge on any atom is 0.156 e. The molecule has 112 valence electrons. The van der Waals surface area contributed by atoms with E-state index < -0.39 is 0 Å². The summed E-state index contributed by atoms with van der Waals surface area (Å²) in [6, 6.07) is 8.33. The van der Waals surface area contributed by atoms with Gasteiger partial charge in [-0.05, 0) is 31.7 Å². The number of hydrogen-bond donors (Lipinski definition) is 1. The topological polar surface area (TPSA) is 60.9 Å². The molecule has 2 rings (SSSR count). The van der Waals surface area contributed by atoms with Gasteiger partial charge in [0.25, 0.3) is 0 Å². The fourth-order valence-corrected chi connectivity index (χ4v) is 2.45. The van der Waals surface area contributed by atoms with Crippen molar-refractivity contribution < 1.29 is 4.79 Å².